The zero-order valence-corrected chi connectivity index (χ0v) is 22.8. The number of esters is 1. The van der Waals surface area contributed by atoms with Crippen LogP contribution in [0.25, 0.3) is 0 Å². The van der Waals surface area contributed by atoms with Gasteiger partial charge in [-0.2, -0.15) is 13.2 Å². The number of rotatable bonds is 8. The van der Waals surface area contributed by atoms with E-state index >= 15 is 0 Å². The number of carboxylic acids is 1. The number of hydrogen-bond donors (Lipinski definition) is 3. The van der Waals surface area contributed by atoms with Gasteiger partial charge in [0.1, 0.15) is 6.04 Å². The van der Waals surface area contributed by atoms with E-state index in [9.17, 15) is 18.0 Å². The summed E-state index contributed by atoms with van der Waals surface area (Å²) in [5, 5.41) is 7.12. The number of aromatic nitrogens is 4. The summed E-state index contributed by atoms with van der Waals surface area (Å²) in [6.45, 7) is 4.07. The van der Waals surface area contributed by atoms with E-state index in [0.717, 1.165) is 29.2 Å². The van der Waals surface area contributed by atoms with Gasteiger partial charge in [-0.05, 0) is 31.0 Å². The first-order valence-corrected chi connectivity index (χ1v) is 13.2. The molecule has 0 saturated carbocycles. The number of ether oxygens (including phenoxy) is 1. The summed E-state index contributed by atoms with van der Waals surface area (Å²) in [5.41, 5.74) is 5.23. The van der Waals surface area contributed by atoms with Crippen molar-refractivity contribution >= 4 is 23.3 Å². The molecular weight excluding hydrogens is 553 g/mol. The van der Waals surface area contributed by atoms with E-state index in [4.69, 9.17) is 14.6 Å². The minimum atomic E-state index is -5.08. The molecule has 0 unspecified atom stereocenters. The number of nitrogens with zero attached hydrogens (tertiary/aromatic N) is 4. The van der Waals surface area contributed by atoms with Gasteiger partial charge in [0.2, 0.25) is 0 Å². The summed E-state index contributed by atoms with van der Waals surface area (Å²) in [6, 6.07) is 18.2. The number of hydrogen-bond acceptors (Lipinski definition) is 7. The lowest BCUT2D eigenvalue weighted by Gasteiger charge is -2.35. The van der Waals surface area contributed by atoms with E-state index in [1.165, 1.54) is 5.56 Å². The second kappa shape index (κ2) is 13.7. The molecule has 0 bridgehead atoms. The lowest BCUT2D eigenvalue weighted by molar-refractivity contribution is -0.192. The first-order chi connectivity index (χ1) is 20.2. The van der Waals surface area contributed by atoms with Gasteiger partial charge < -0.3 is 29.6 Å². The molecule has 1 aliphatic heterocycles. The van der Waals surface area contributed by atoms with Crippen LogP contribution in [0.15, 0.2) is 79.6 Å². The monoisotopic (exact) mass is 584 g/mol. The van der Waals surface area contributed by atoms with E-state index < -0.39 is 18.2 Å². The summed E-state index contributed by atoms with van der Waals surface area (Å²) >= 11 is 0. The van der Waals surface area contributed by atoms with Crippen molar-refractivity contribution in [3.8, 4) is 0 Å². The molecule has 42 heavy (non-hydrogen) atoms. The van der Waals surface area contributed by atoms with Crippen molar-refractivity contribution in [3.05, 3.63) is 96.6 Å². The maximum Gasteiger partial charge on any atom is 0.490 e. The van der Waals surface area contributed by atoms with E-state index in [2.05, 4.69) is 54.0 Å². The number of aromatic amines is 2. The molecule has 0 aliphatic carbocycles. The molecular formula is C29H31F3N6O4. The van der Waals surface area contributed by atoms with Crippen LogP contribution >= 0.6 is 0 Å². The standard InChI is InChI=1S/C27H30N6O2.C2HF3O2/c1-2-35-27(34)26-21(12-20-8-4-3-5-9-20)15-32(16-22-13-28-18-30-22)24-10-6-7-11-25(24)33(26)17-23-14-29-19-31-23;3-2(4,5)1(6)7/h3-11,13-14,18-19,21,26H,2,12,15-17H2,1H3,(H,28,30)(H,29,31);(H,6,7)/t21-,26+;/m1./s1. The molecule has 10 nitrogen and oxygen atoms in total. The van der Waals surface area contributed by atoms with E-state index in [0.29, 0.717) is 26.2 Å². The summed E-state index contributed by atoms with van der Waals surface area (Å²) in [5.74, 6) is -2.98. The Labute approximate surface area is 240 Å². The quantitative estimate of drug-likeness (QED) is 0.257. The Balaban J connectivity index is 0.000000517. The van der Waals surface area contributed by atoms with Gasteiger partial charge in [0.05, 0.1) is 55.1 Å². The number of fused-ring (bicyclic) bond motifs is 1. The van der Waals surface area contributed by atoms with Gasteiger partial charge in [-0.25, -0.2) is 19.6 Å². The maximum atomic E-state index is 13.6. The molecule has 222 valence electrons. The average molecular weight is 585 g/mol. The van der Waals surface area contributed by atoms with Crippen LogP contribution in [0.1, 0.15) is 23.9 Å². The molecule has 3 N–H and O–H groups in total. The molecule has 4 aromatic rings. The number of carboxylic acid groups (broad SMARTS) is 1. The highest BCUT2D eigenvalue weighted by Gasteiger charge is 2.41. The van der Waals surface area contributed by atoms with Crippen molar-refractivity contribution in [2.24, 2.45) is 5.92 Å². The van der Waals surface area contributed by atoms with Gasteiger partial charge in [-0.3, -0.25) is 0 Å². The first kappa shape index (κ1) is 30.2. The molecule has 0 saturated heterocycles. The lowest BCUT2D eigenvalue weighted by Crippen LogP contribution is -2.49. The topological polar surface area (TPSA) is 127 Å². The number of carbonyl (C=O) groups excluding carboxylic acids is 1. The largest absolute Gasteiger partial charge is 0.490 e. The third kappa shape index (κ3) is 7.68. The zero-order valence-electron chi connectivity index (χ0n) is 22.8. The summed E-state index contributed by atoms with van der Waals surface area (Å²) in [7, 11) is 0. The number of benzene rings is 2. The molecule has 0 amide bonds. The maximum absolute atomic E-state index is 13.6. The third-order valence-electron chi connectivity index (χ3n) is 6.69. The van der Waals surface area contributed by atoms with Crippen molar-refractivity contribution in [1.82, 2.24) is 19.9 Å². The normalized spacial score (nSPS) is 16.6. The SMILES string of the molecule is CCOC(=O)[C@@H]1[C@H](Cc2ccccc2)CN(Cc2cnc[nH]2)c2ccccc2N1Cc1cnc[nH]1.O=C(O)C(F)(F)F. The van der Waals surface area contributed by atoms with Gasteiger partial charge >= 0.3 is 18.1 Å². The Kier molecular flexibility index (Phi) is 9.84. The molecule has 1 aliphatic rings. The lowest BCUT2D eigenvalue weighted by atomic mass is 9.90. The average Bonchev–Trinajstić information content (AvgIpc) is 3.65. The highest BCUT2D eigenvalue weighted by Crippen LogP contribution is 2.39. The molecule has 0 radical (unpaired) electrons. The van der Waals surface area contributed by atoms with Crippen LogP contribution in [0.2, 0.25) is 0 Å². The second-order valence-electron chi connectivity index (χ2n) is 9.60. The number of H-pyrrole nitrogens is 2. The molecule has 0 spiro atoms. The van der Waals surface area contributed by atoms with Gasteiger partial charge in [-0.1, -0.05) is 42.5 Å². The van der Waals surface area contributed by atoms with Gasteiger partial charge in [0, 0.05) is 24.9 Å². The number of nitrogens with one attached hydrogen (secondary N) is 2. The third-order valence-corrected chi connectivity index (χ3v) is 6.69. The summed E-state index contributed by atoms with van der Waals surface area (Å²) < 4.78 is 37.4. The van der Waals surface area contributed by atoms with Crippen molar-refractivity contribution in [2.45, 2.75) is 38.7 Å². The predicted molar refractivity (Wildman–Crippen MR) is 149 cm³/mol. The Morgan fingerprint density at radius 3 is 2.07 bits per heavy atom. The predicted octanol–water partition coefficient (Wildman–Crippen LogP) is 4.58. The van der Waals surface area contributed by atoms with Crippen LogP contribution in [0.3, 0.4) is 0 Å². The Morgan fingerprint density at radius 2 is 1.52 bits per heavy atom. The number of anilines is 2. The van der Waals surface area contributed by atoms with E-state index in [1.54, 1.807) is 12.7 Å². The minimum absolute atomic E-state index is 0.0188. The smallest absolute Gasteiger partial charge is 0.475 e. The van der Waals surface area contributed by atoms with E-state index in [1.807, 2.05) is 49.6 Å². The number of imidazole rings is 2. The number of aliphatic carboxylic acids is 1. The molecule has 2 aromatic carbocycles. The fourth-order valence-electron chi connectivity index (χ4n) is 4.97. The zero-order chi connectivity index (χ0) is 30.1. The van der Waals surface area contributed by atoms with Crippen LogP contribution in [0.5, 0.6) is 0 Å². The van der Waals surface area contributed by atoms with Gasteiger partial charge in [0.25, 0.3) is 0 Å². The fourth-order valence-corrected chi connectivity index (χ4v) is 4.97. The molecule has 2 aromatic heterocycles. The molecule has 0 fully saturated rings. The highest BCUT2D eigenvalue weighted by atomic mass is 19.4. The molecule has 5 rings (SSSR count). The Bertz CT molecular complexity index is 1410. The molecule has 3 heterocycles. The minimum Gasteiger partial charge on any atom is -0.475 e. The van der Waals surface area contributed by atoms with Crippen LogP contribution < -0.4 is 9.80 Å². The Morgan fingerprint density at radius 1 is 0.952 bits per heavy atom. The van der Waals surface area contributed by atoms with Crippen molar-refractivity contribution in [3.63, 3.8) is 0 Å². The van der Waals surface area contributed by atoms with Crippen LogP contribution in [0.4, 0.5) is 24.5 Å². The van der Waals surface area contributed by atoms with Crippen molar-refractivity contribution in [1.29, 1.82) is 0 Å². The van der Waals surface area contributed by atoms with Crippen molar-refractivity contribution < 1.29 is 32.6 Å². The summed E-state index contributed by atoms with van der Waals surface area (Å²) in [4.78, 5) is 41.9. The molecule has 2 atom stereocenters. The van der Waals surface area contributed by atoms with Gasteiger partial charge in [-0.15, -0.1) is 0 Å². The van der Waals surface area contributed by atoms with Gasteiger partial charge in [0.15, 0.2) is 0 Å². The summed E-state index contributed by atoms with van der Waals surface area (Å²) in [6.07, 6.45) is 2.70. The highest BCUT2D eigenvalue weighted by molar-refractivity contribution is 5.85. The number of halogens is 3. The van der Waals surface area contributed by atoms with Crippen LogP contribution in [0, 0.1) is 5.92 Å². The fraction of sp³-hybridized carbons (Fsp3) is 0.310. The molecule has 13 heteroatoms. The second-order valence-corrected chi connectivity index (χ2v) is 9.60. The van der Waals surface area contributed by atoms with Crippen LogP contribution in [-0.4, -0.2) is 62.4 Å². The van der Waals surface area contributed by atoms with Crippen molar-refractivity contribution in [2.75, 3.05) is 23.0 Å². The Hall–Kier alpha value is -4.81. The number of para-hydroxylation sites is 2. The number of carbonyl (C=O) groups is 2. The van der Waals surface area contributed by atoms with Crippen LogP contribution in [-0.2, 0) is 33.8 Å². The number of alkyl halides is 3. The first-order valence-electron chi connectivity index (χ1n) is 13.2. The van der Waals surface area contributed by atoms with E-state index in [-0.39, 0.29) is 11.9 Å².